The summed E-state index contributed by atoms with van der Waals surface area (Å²) < 4.78 is 0.843. The van der Waals surface area contributed by atoms with Gasteiger partial charge in [0.25, 0.3) is 0 Å². The zero-order valence-electron chi connectivity index (χ0n) is 10.5. The number of anilines is 1. The van der Waals surface area contributed by atoms with Crippen molar-refractivity contribution in [3.63, 3.8) is 0 Å². The van der Waals surface area contributed by atoms with E-state index in [-0.39, 0.29) is 0 Å². The molecule has 20 heavy (non-hydrogen) atoms. The van der Waals surface area contributed by atoms with Crippen LogP contribution in [0.25, 0.3) is 0 Å². The second kappa shape index (κ2) is 6.90. The number of benzene rings is 1. The zero-order valence-corrected chi connectivity index (χ0v) is 12.1. The minimum atomic E-state index is -1.48. The van der Waals surface area contributed by atoms with Crippen LogP contribution in [0.3, 0.4) is 0 Å². The summed E-state index contributed by atoms with van der Waals surface area (Å²) in [5.41, 5.74) is 1.28. The van der Waals surface area contributed by atoms with Crippen molar-refractivity contribution in [1.82, 2.24) is 5.32 Å². The van der Waals surface area contributed by atoms with Crippen LogP contribution in [0.1, 0.15) is 12.0 Å². The van der Waals surface area contributed by atoms with Crippen LogP contribution in [-0.4, -0.2) is 34.2 Å². The van der Waals surface area contributed by atoms with Crippen LogP contribution < -0.4 is 10.6 Å². The Kier molecular flexibility index (Phi) is 5.51. The molecule has 0 bridgehead atoms. The highest BCUT2D eigenvalue weighted by molar-refractivity contribution is 9.10. The number of hydrogen-bond acceptors (Lipinski definition) is 3. The molecule has 0 fully saturated rings. The third kappa shape index (κ3) is 4.88. The number of nitrogens with one attached hydrogen (secondary N) is 2. The lowest BCUT2D eigenvalue weighted by molar-refractivity contribution is -0.145. The van der Waals surface area contributed by atoms with E-state index in [9.17, 15) is 14.4 Å². The lowest BCUT2D eigenvalue weighted by Gasteiger charge is -2.14. The fourth-order valence-corrected chi connectivity index (χ4v) is 1.93. The van der Waals surface area contributed by atoms with Gasteiger partial charge in [-0.1, -0.05) is 15.9 Å². The first-order valence-electron chi connectivity index (χ1n) is 5.58. The first kappa shape index (κ1) is 16.0. The number of urea groups is 1. The lowest BCUT2D eigenvalue weighted by atomic mass is 10.2. The molecular weight excluding hydrogens is 332 g/mol. The van der Waals surface area contributed by atoms with Crippen LogP contribution in [-0.2, 0) is 9.59 Å². The maximum atomic E-state index is 11.7. The van der Waals surface area contributed by atoms with E-state index in [2.05, 4.69) is 26.6 Å². The van der Waals surface area contributed by atoms with Gasteiger partial charge in [-0.3, -0.25) is 4.79 Å². The van der Waals surface area contributed by atoms with Crippen LogP contribution in [0.5, 0.6) is 0 Å². The molecule has 0 saturated heterocycles. The summed E-state index contributed by atoms with van der Waals surface area (Å²) in [5, 5.41) is 22.0. The molecule has 1 aromatic carbocycles. The van der Waals surface area contributed by atoms with E-state index in [1.54, 1.807) is 25.1 Å². The first-order chi connectivity index (χ1) is 9.29. The predicted molar refractivity (Wildman–Crippen MR) is 74.7 cm³/mol. The highest BCUT2D eigenvalue weighted by Crippen LogP contribution is 2.19. The second-order valence-electron chi connectivity index (χ2n) is 4.05. The van der Waals surface area contributed by atoms with Crippen LogP contribution in [0.15, 0.2) is 22.7 Å². The molecule has 0 aliphatic heterocycles. The lowest BCUT2D eigenvalue weighted by Crippen LogP contribution is -2.44. The van der Waals surface area contributed by atoms with Crippen molar-refractivity contribution in [3.8, 4) is 0 Å². The van der Waals surface area contributed by atoms with Crippen LogP contribution in [0, 0.1) is 6.92 Å². The van der Waals surface area contributed by atoms with E-state index in [0.717, 1.165) is 10.0 Å². The van der Waals surface area contributed by atoms with Crippen molar-refractivity contribution >= 4 is 39.6 Å². The number of amides is 2. The van der Waals surface area contributed by atoms with Crippen LogP contribution in [0.4, 0.5) is 10.5 Å². The summed E-state index contributed by atoms with van der Waals surface area (Å²) in [6.07, 6.45) is -0.692. The number of carboxylic acid groups (broad SMARTS) is 2. The van der Waals surface area contributed by atoms with Crippen molar-refractivity contribution in [2.24, 2.45) is 0 Å². The second-order valence-corrected chi connectivity index (χ2v) is 4.96. The van der Waals surface area contributed by atoms with Gasteiger partial charge in [0.2, 0.25) is 0 Å². The molecule has 2 amide bonds. The molecule has 4 N–H and O–H groups in total. The Morgan fingerprint density at radius 2 is 1.95 bits per heavy atom. The minimum Gasteiger partial charge on any atom is -0.481 e. The Balaban J connectivity index is 2.70. The van der Waals surface area contributed by atoms with Crippen molar-refractivity contribution in [2.75, 3.05) is 5.32 Å². The minimum absolute atomic E-state index is 0.505. The average Bonchev–Trinajstić information content (AvgIpc) is 2.31. The SMILES string of the molecule is Cc1cc(Br)ccc1NC(=O)N[C@@H](CC(=O)O)C(=O)O. The monoisotopic (exact) mass is 344 g/mol. The number of carbonyl (C=O) groups is 3. The molecule has 0 radical (unpaired) electrons. The quantitative estimate of drug-likeness (QED) is 0.650. The average molecular weight is 345 g/mol. The van der Waals surface area contributed by atoms with E-state index >= 15 is 0 Å². The smallest absolute Gasteiger partial charge is 0.326 e. The third-order valence-electron chi connectivity index (χ3n) is 2.42. The molecule has 0 aliphatic rings. The van der Waals surface area contributed by atoms with E-state index < -0.39 is 30.4 Å². The van der Waals surface area contributed by atoms with Gasteiger partial charge in [0.05, 0.1) is 6.42 Å². The molecular formula is C12H13BrN2O5. The summed E-state index contributed by atoms with van der Waals surface area (Å²) in [6.45, 7) is 1.77. The highest BCUT2D eigenvalue weighted by atomic mass is 79.9. The fraction of sp³-hybridized carbons (Fsp3) is 0.250. The summed E-state index contributed by atoms with van der Waals surface area (Å²) >= 11 is 3.28. The third-order valence-corrected chi connectivity index (χ3v) is 2.91. The van der Waals surface area contributed by atoms with Gasteiger partial charge in [-0.2, -0.15) is 0 Å². The maximum Gasteiger partial charge on any atom is 0.326 e. The first-order valence-corrected chi connectivity index (χ1v) is 6.37. The number of rotatable bonds is 5. The van der Waals surface area contributed by atoms with Gasteiger partial charge in [0.15, 0.2) is 0 Å². The Hall–Kier alpha value is -2.09. The standard InChI is InChI=1S/C12H13BrN2O5/c1-6-4-7(13)2-3-8(6)14-12(20)15-9(11(18)19)5-10(16)17/h2-4,9H,5H2,1H3,(H,16,17)(H,18,19)(H2,14,15,20)/t9-/m0/s1. The summed E-state index contributed by atoms with van der Waals surface area (Å²) in [6, 6.07) is 2.88. The molecule has 0 aromatic heterocycles. The predicted octanol–water partition coefficient (Wildman–Crippen LogP) is 1.81. The van der Waals surface area contributed by atoms with Gasteiger partial charge in [-0.05, 0) is 30.7 Å². The number of aliphatic carboxylic acids is 2. The number of aryl methyl sites for hydroxylation is 1. The van der Waals surface area contributed by atoms with Crippen molar-refractivity contribution in [1.29, 1.82) is 0 Å². The summed E-state index contributed by atoms with van der Waals surface area (Å²) in [4.78, 5) is 33.0. The molecule has 1 atom stereocenters. The highest BCUT2D eigenvalue weighted by Gasteiger charge is 2.23. The Bertz CT molecular complexity index is 547. The van der Waals surface area contributed by atoms with E-state index in [1.165, 1.54) is 0 Å². The molecule has 108 valence electrons. The summed E-state index contributed by atoms with van der Waals surface area (Å²) in [5.74, 6) is -2.72. The number of carbonyl (C=O) groups excluding carboxylic acids is 1. The normalized spacial score (nSPS) is 11.5. The molecule has 0 heterocycles. The molecule has 0 saturated carbocycles. The Morgan fingerprint density at radius 1 is 1.30 bits per heavy atom. The van der Waals surface area contributed by atoms with Gasteiger partial charge in [-0.15, -0.1) is 0 Å². The molecule has 0 aliphatic carbocycles. The molecule has 7 nitrogen and oxygen atoms in total. The molecule has 0 unspecified atom stereocenters. The summed E-state index contributed by atoms with van der Waals surface area (Å²) in [7, 11) is 0. The van der Waals surface area contributed by atoms with Gasteiger partial charge in [0, 0.05) is 10.2 Å². The number of halogens is 1. The Labute approximate surface area is 123 Å². The van der Waals surface area contributed by atoms with Crippen molar-refractivity contribution in [2.45, 2.75) is 19.4 Å². The maximum absolute atomic E-state index is 11.7. The zero-order chi connectivity index (χ0) is 15.3. The molecule has 1 aromatic rings. The van der Waals surface area contributed by atoms with E-state index in [1.807, 2.05) is 0 Å². The van der Waals surface area contributed by atoms with Crippen LogP contribution >= 0.6 is 15.9 Å². The largest absolute Gasteiger partial charge is 0.481 e. The van der Waals surface area contributed by atoms with Gasteiger partial charge in [-0.25, -0.2) is 9.59 Å². The molecule has 8 heteroatoms. The van der Waals surface area contributed by atoms with Crippen molar-refractivity contribution in [3.05, 3.63) is 28.2 Å². The van der Waals surface area contributed by atoms with Gasteiger partial charge in [0.1, 0.15) is 6.04 Å². The van der Waals surface area contributed by atoms with Gasteiger partial charge >= 0.3 is 18.0 Å². The van der Waals surface area contributed by atoms with E-state index in [4.69, 9.17) is 10.2 Å². The number of hydrogen-bond donors (Lipinski definition) is 4. The van der Waals surface area contributed by atoms with Crippen molar-refractivity contribution < 1.29 is 24.6 Å². The van der Waals surface area contributed by atoms with Gasteiger partial charge < -0.3 is 20.8 Å². The molecule has 1 rings (SSSR count). The fourth-order valence-electron chi connectivity index (χ4n) is 1.46. The molecule has 0 spiro atoms. The number of carboxylic acids is 2. The Morgan fingerprint density at radius 3 is 2.45 bits per heavy atom. The topological polar surface area (TPSA) is 116 Å². The van der Waals surface area contributed by atoms with E-state index in [0.29, 0.717) is 5.69 Å². The van der Waals surface area contributed by atoms with Crippen LogP contribution in [0.2, 0.25) is 0 Å².